The van der Waals surface area contributed by atoms with Gasteiger partial charge in [0.1, 0.15) is 0 Å². The molecule has 1 aromatic carbocycles. The summed E-state index contributed by atoms with van der Waals surface area (Å²) in [4.78, 5) is 12.2. The summed E-state index contributed by atoms with van der Waals surface area (Å²) in [5, 5.41) is 1.17. The zero-order valence-electron chi connectivity index (χ0n) is 8.60. The molecule has 0 amide bonds. The van der Waals surface area contributed by atoms with Gasteiger partial charge in [-0.2, -0.15) is 0 Å². The van der Waals surface area contributed by atoms with E-state index in [1.165, 1.54) is 0 Å². The number of carbonyl (C=O) groups is 1. The molecule has 1 nitrogen and oxygen atoms in total. The van der Waals surface area contributed by atoms with Crippen LogP contribution in [0, 0.1) is 5.92 Å². The maximum absolute atomic E-state index is 12.2. The average Bonchev–Trinajstić information content (AvgIpc) is 2.67. The van der Waals surface area contributed by atoms with Crippen molar-refractivity contribution in [3.8, 4) is 0 Å². The monoisotopic (exact) mass is 276 g/mol. The Labute approximate surface area is 110 Å². The van der Waals surface area contributed by atoms with E-state index in [-0.39, 0.29) is 11.7 Å². The van der Waals surface area contributed by atoms with Gasteiger partial charge < -0.3 is 0 Å². The minimum Gasteiger partial charge on any atom is -0.294 e. The molecule has 16 heavy (non-hydrogen) atoms. The first kappa shape index (κ1) is 12.2. The molecule has 0 heterocycles. The van der Waals surface area contributed by atoms with Crippen LogP contribution < -0.4 is 0 Å². The minimum atomic E-state index is 0.0594. The highest BCUT2D eigenvalue weighted by molar-refractivity contribution is 6.42. The molecule has 4 heteroatoms. The van der Waals surface area contributed by atoms with E-state index in [4.69, 9.17) is 34.8 Å². The van der Waals surface area contributed by atoms with Gasteiger partial charge in [0.15, 0.2) is 5.78 Å². The van der Waals surface area contributed by atoms with E-state index in [9.17, 15) is 4.79 Å². The Kier molecular flexibility index (Phi) is 3.78. The third kappa shape index (κ3) is 2.37. The SMILES string of the molecule is O=C(c1c(Cl)cc(Cl)cc1Cl)C1CCCC1. The lowest BCUT2D eigenvalue weighted by atomic mass is 9.96. The Balaban J connectivity index is 2.35. The summed E-state index contributed by atoms with van der Waals surface area (Å²) in [6.45, 7) is 0. The van der Waals surface area contributed by atoms with Gasteiger partial charge in [0.2, 0.25) is 0 Å². The Morgan fingerprint density at radius 1 is 1.06 bits per heavy atom. The third-order valence-corrected chi connectivity index (χ3v) is 3.79. The molecule has 2 rings (SSSR count). The van der Waals surface area contributed by atoms with Gasteiger partial charge in [-0.3, -0.25) is 4.79 Å². The standard InChI is InChI=1S/C12H11Cl3O/c13-8-5-9(14)11(10(15)6-8)12(16)7-3-1-2-4-7/h5-7H,1-4H2. The molecule has 1 fully saturated rings. The lowest BCUT2D eigenvalue weighted by Crippen LogP contribution is -2.12. The second-order valence-electron chi connectivity index (χ2n) is 4.09. The molecule has 1 aliphatic carbocycles. The van der Waals surface area contributed by atoms with Gasteiger partial charge in [0, 0.05) is 10.9 Å². The largest absolute Gasteiger partial charge is 0.294 e. The first-order chi connectivity index (χ1) is 7.59. The van der Waals surface area contributed by atoms with Crippen LogP contribution in [-0.2, 0) is 0 Å². The first-order valence-corrected chi connectivity index (χ1v) is 6.41. The van der Waals surface area contributed by atoms with Crippen molar-refractivity contribution in [2.75, 3.05) is 0 Å². The highest BCUT2D eigenvalue weighted by atomic mass is 35.5. The molecule has 0 aliphatic heterocycles. The van der Waals surface area contributed by atoms with E-state index in [0.717, 1.165) is 25.7 Å². The number of ketones is 1. The topological polar surface area (TPSA) is 17.1 Å². The zero-order valence-corrected chi connectivity index (χ0v) is 10.9. The van der Waals surface area contributed by atoms with Crippen LogP contribution >= 0.6 is 34.8 Å². The fraction of sp³-hybridized carbons (Fsp3) is 0.417. The second-order valence-corrected chi connectivity index (χ2v) is 5.34. The van der Waals surface area contributed by atoms with Crippen molar-refractivity contribution < 1.29 is 4.79 Å². The molecule has 0 bridgehead atoms. The normalized spacial score (nSPS) is 16.7. The first-order valence-electron chi connectivity index (χ1n) is 5.28. The van der Waals surface area contributed by atoms with Crippen LogP contribution in [0.4, 0.5) is 0 Å². The molecule has 0 spiro atoms. The molecule has 0 unspecified atom stereocenters. The van der Waals surface area contributed by atoms with Gasteiger partial charge in [0.25, 0.3) is 0 Å². The van der Waals surface area contributed by atoms with Gasteiger partial charge in [-0.05, 0) is 25.0 Å². The number of Topliss-reactive ketones (excluding diaryl/α,β-unsaturated/α-hetero) is 1. The summed E-state index contributed by atoms with van der Waals surface area (Å²) in [5.41, 5.74) is 0.430. The van der Waals surface area contributed by atoms with Crippen molar-refractivity contribution in [1.29, 1.82) is 0 Å². The molecule has 0 saturated heterocycles. The van der Waals surface area contributed by atoms with Gasteiger partial charge in [-0.15, -0.1) is 0 Å². The lowest BCUT2D eigenvalue weighted by molar-refractivity contribution is 0.0923. The molecule has 1 aromatic rings. The summed E-state index contributed by atoms with van der Waals surface area (Å²) in [6.07, 6.45) is 4.10. The number of halogens is 3. The number of carbonyl (C=O) groups excluding carboxylic acids is 1. The number of hydrogen-bond donors (Lipinski definition) is 0. The van der Waals surface area contributed by atoms with Crippen LogP contribution in [0.2, 0.25) is 15.1 Å². The molecule has 0 atom stereocenters. The predicted octanol–water partition coefficient (Wildman–Crippen LogP) is 5.02. The molecule has 86 valence electrons. The van der Waals surface area contributed by atoms with Crippen molar-refractivity contribution in [3.05, 3.63) is 32.8 Å². The molecular weight excluding hydrogens is 266 g/mol. The highest BCUT2D eigenvalue weighted by Crippen LogP contribution is 2.35. The quantitative estimate of drug-likeness (QED) is 0.694. The summed E-state index contributed by atoms with van der Waals surface area (Å²) < 4.78 is 0. The Morgan fingerprint density at radius 2 is 1.56 bits per heavy atom. The van der Waals surface area contributed by atoms with Gasteiger partial charge in [-0.25, -0.2) is 0 Å². The zero-order chi connectivity index (χ0) is 11.7. The summed E-state index contributed by atoms with van der Waals surface area (Å²) in [6, 6.07) is 3.13. The summed E-state index contributed by atoms with van der Waals surface area (Å²) in [5.74, 6) is 0.139. The number of benzene rings is 1. The molecule has 1 saturated carbocycles. The van der Waals surface area contributed by atoms with Crippen molar-refractivity contribution in [3.63, 3.8) is 0 Å². The predicted molar refractivity (Wildman–Crippen MR) is 67.8 cm³/mol. The Bertz CT molecular complexity index is 399. The van der Waals surface area contributed by atoms with Crippen LogP contribution in [0.5, 0.6) is 0 Å². The highest BCUT2D eigenvalue weighted by Gasteiger charge is 2.27. The van der Waals surface area contributed by atoms with E-state index in [1.54, 1.807) is 12.1 Å². The number of hydrogen-bond acceptors (Lipinski definition) is 1. The van der Waals surface area contributed by atoms with Crippen LogP contribution in [0.3, 0.4) is 0 Å². The Hall–Kier alpha value is -0.240. The maximum atomic E-state index is 12.2. The molecule has 1 aliphatic rings. The number of rotatable bonds is 2. The van der Waals surface area contributed by atoms with E-state index in [2.05, 4.69) is 0 Å². The Morgan fingerprint density at radius 3 is 2.06 bits per heavy atom. The minimum absolute atomic E-state index is 0.0594. The van der Waals surface area contributed by atoms with Crippen LogP contribution in [0.1, 0.15) is 36.0 Å². The van der Waals surface area contributed by atoms with Gasteiger partial charge >= 0.3 is 0 Å². The lowest BCUT2D eigenvalue weighted by Gasteiger charge is -2.11. The van der Waals surface area contributed by atoms with E-state index in [1.807, 2.05) is 0 Å². The summed E-state index contributed by atoms with van der Waals surface area (Å²) >= 11 is 17.8. The van der Waals surface area contributed by atoms with Crippen LogP contribution in [-0.4, -0.2) is 5.78 Å². The van der Waals surface area contributed by atoms with Crippen molar-refractivity contribution >= 4 is 40.6 Å². The maximum Gasteiger partial charge on any atom is 0.168 e. The molecule has 0 N–H and O–H groups in total. The van der Waals surface area contributed by atoms with Crippen molar-refractivity contribution in [1.82, 2.24) is 0 Å². The van der Waals surface area contributed by atoms with Crippen molar-refractivity contribution in [2.24, 2.45) is 5.92 Å². The molecule has 0 aromatic heterocycles. The second kappa shape index (κ2) is 4.95. The summed E-state index contributed by atoms with van der Waals surface area (Å²) in [7, 11) is 0. The van der Waals surface area contributed by atoms with Crippen LogP contribution in [0.15, 0.2) is 12.1 Å². The third-order valence-electron chi connectivity index (χ3n) is 2.98. The van der Waals surface area contributed by atoms with E-state index in [0.29, 0.717) is 20.6 Å². The van der Waals surface area contributed by atoms with Gasteiger partial charge in [-0.1, -0.05) is 47.6 Å². The molecule has 0 radical (unpaired) electrons. The van der Waals surface area contributed by atoms with E-state index < -0.39 is 0 Å². The smallest absolute Gasteiger partial charge is 0.168 e. The fourth-order valence-electron chi connectivity index (χ4n) is 2.17. The van der Waals surface area contributed by atoms with Crippen LogP contribution in [0.25, 0.3) is 0 Å². The van der Waals surface area contributed by atoms with Crippen molar-refractivity contribution in [2.45, 2.75) is 25.7 Å². The fourth-order valence-corrected chi connectivity index (χ4v) is 3.17. The van der Waals surface area contributed by atoms with E-state index >= 15 is 0 Å². The average molecular weight is 278 g/mol. The van der Waals surface area contributed by atoms with Gasteiger partial charge in [0.05, 0.1) is 15.6 Å². The molecular formula is C12H11Cl3O.